The maximum atomic E-state index is 11.2. The molecule has 7 nitrogen and oxygen atoms in total. The maximum Gasteiger partial charge on any atom is 0.269 e. The van der Waals surface area contributed by atoms with Crippen LogP contribution in [0.3, 0.4) is 0 Å². The summed E-state index contributed by atoms with van der Waals surface area (Å²) in [6.45, 7) is 1.90. The van der Waals surface area contributed by atoms with Gasteiger partial charge in [0.25, 0.3) is 5.69 Å². The van der Waals surface area contributed by atoms with E-state index in [2.05, 4.69) is 15.9 Å². The van der Waals surface area contributed by atoms with Crippen LogP contribution in [-0.4, -0.2) is 15.6 Å². The van der Waals surface area contributed by atoms with Crippen molar-refractivity contribution in [2.45, 2.75) is 25.6 Å². The predicted octanol–water partition coefficient (Wildman–Crippen LogP) is 5.50. The summed E-state index contributed by atoms with van der Waals surface area (Å²) in [5.41, 5.74) is 2.55. The van der Waals surface area contributed by atoms with Crippen molar-refractivity contribution >= 4 is 27.3 Å². The topological polar surface area (TPSA) is 81.1 Å². The first-order valence-corrected chi connectivity index (χ1v) is 9.92. The lowest BCUT2D eigenvalue weighted by Gasteiger charge is -2.38. The van der Waals surface area contributed by atoms with Crippen LogP contribution in [0.1, 0.15) is 41.3 Å². The van der Waals surface area contributed by atoms with E-state index in [9.17, 15) is 10.1 Å². The highest BCUT2D eigenvalue weighted by Gasteiger charge is 2.42. The molecule has 0 fully saturated rings. The Balaban J connectivity index is 1.61. The van der Waals surface area contributed by atoms with E-state index in [0.717, 1.165) is 33.0 Å². The molecule has 1 aromatic heterocycles. The third kappa shape index (κ3) is 3.09. The van der Waals surface area contributed by atoms with Gasteiger partial charge in [0.15, 0.2) is 0 Å². The first kappa shape index (κ1) is 17.9. The number of fused-ring (bicyclic) bond motifs is 3. The summed E-state index contributed by atoms with van der Waals surface area (Å²) in [5.74, 6) is 2.30. The second-order valence-corrected chi connectivity index (χ2v) is 7.98. The molecule has 0 bridgehead atoms. The summed E-state index contributed by atoms with van der Waals surface area (Å²) in [4.78, 5) is 10.8. The third-order valence-electron chi connectivity index (χ3n) is 5.14. The number of halogens is 1. The monoisotopic (exact) mass is 453 g/mol. The Morgan fingerprint density at radius 3 is 2.83 bits per heavy atom. The number of nitro benzene ring substituents is 1. The van der Waals surface area contributed by atoms with E-state index in [-0.39, 0.29) is 11.7 Å². The molecular weight excluding hydrogens is 438 g/mol. The average molecular weight is 454 g/mol. The van der Waals surface area contributed by atoms with Crippen LogP contribution in [0, 0.1) is 17.0 Å². The molecule has 0 radical (unpaired) electrons. The number of non-ortho nitro benzene ring substituents is 1. The van der Waals surface area contributed by atoms with Gasteiger partial charge in [0.05, 0.1) is 11.0 Å². The number of furan rings is 1. The highest BCUT2D eigenvalue weighted by molar-refractivity contribution is 9.10. The van der Waals surface area contributed by atoms with Crippen molar-refractivity contribution in [3.8, 4) is 5.75 Å². The van der Waals surface area contributed by atoms with E-state index < -0.39 is 11.2 Å². The third-order valence-corrected chi connectivity index (χ3v) is 5.64. The maximum absolute atomic E-state index is 11.2. The second kappa shape index (κ2) is 6.73. The van der Waals surface area contributed by atoms with Gasteiger partial charge < -0.3 is 9.15 Å². The number of ether oxygens (including phenoxy) is 1. The van der Waals surface area contributed by atoms with Gasteiger partial charge in [-0.25, -0.2) is 5.01 Å². The number of nitrogens with zero attached hydrogens (tertiary/aromatic N) is 3. The van der Waals surface area contributed by atoms with Gasteiger partial charge in [-0.3, -0.25) is 10.1 Å². The Kier molecular flexibility index (Phi) is 4.16. The molecule has 2 aliphatic heterocycles. The summed E-state index contributed by atoms with van der Waals surface area (Å²) in [6, 6.07) is 16.1. The molecule has 0 spiro atoms. The van der Waals surface area contributed by atoms with Gasteiger partial charge in [0.1, 0.15) is 23.0 Å². The number of hydrazone groups is 1. The van der Waals surface area contributed by atoms with Gasteiger partial charge in [0.2, 0.25) is 6.23 Å². The Morgan fingerprint density at radius 1 is 1.21 bits per heavy atom. The number of hydrogen-bond acceptors (Lipinski definition) is 6. The van der Waals surface area contributed by atoms with Crippen LogP contribution in [0.4, 0.5) is 5.69 Å². The standard InChI is InChI=1S/C21H16BrN3O4/c1-12-5-7-20(28-12)17-11-18-16-10-14(22)6-8-19(16)29-21(24(18)23-17)13-3-2-4-15(9-13)25(26)27/h2-10,18,21H,11H2,1H3/t18-,21+/m1/s1. The van der Waals surface area contributed by atoms with Crippen molar-refractivity contribution < 1.29 is 14.1 Å². The summed E-state index contributed by atoms with van der Waals surface area (Å²) < 4.78 is 13.0. The van der Waals surface area contributed by atoms with Crippen molar-refractivity contribution in [3.63, 3.8) is 0 Å². The predicted molar refractivity (Wildman–Crippen MR) is 110 cm³/mol. The van der Waals surface area contributed by atoms with Gasteiger partial charge in [-0.15, -0.1) is 0 Å². The van der Waals surface area contributed by atoms with E-state index in [4.69, 9.17) is 14.3 Å². The highest BCUT2D eigenvalue weighted by atomic mass is 79.9. The van der Waals surface area contributed by atoms with Crippen LogP contribution in [0.15, 0.2) is 68.6 Å². The van der Waals surface area contributed by atoms with E-state index >= 15 is 0 Å². The molecule has 8 heteroatoms. The van der Waals surface area contributed by atoms with Crippen molar-refractivity contribution in [3.05, 3.63) is 91.8 Å². The quantitative estimate of drug-likeness (QED) is 0.386. The first-order valence-electron chi connectivity index (χ1n) is 9.13. The average Bonchev–Trinajstić information content (AvgIpc) is 3.34. The zero-order valence-electron chi connectivity index (χ0n) is 15.4. The van der Waals surface area contributed by atoms with Crippen LogP contribution in [-0.2, 0) is 0 Å². The molecule has 146 valence electrons. The zero-order valence-corrected chi connectivity index (χ0v) is 17.0. The highest BCUT2D eigenvalue weighted by Crippen LogP contribution is 2.48. The molecule has 3 aromatic rings. The summed E-state index contributed by atoms with van der Waals surface area (Å²) in [7, 11) is 0. The van der Waals surface area contributed by atoms with Crippen LogP contribution < -0.4 is 4.74 Å². The normalized spacial score (nSPS) is 19.9. The lowest BCUT2D eigenvalue weighted by Crippen LogP contribution is -2.33. The molecule has 0 N–H and O–H groups in total. The molecule has 0 aliphatic carbocycles. The minimum Gasteiger partial charge on any atom is -0.464 e. The second-order valence-electron chi connectivity index (χ2n) is 7.06. The van der Waals surface area contributed by atoms with Gasteiger partial charge in [0, 0.05) is 34.2 Å². The lowest BCUT2D eigenvalue weighted by atomic mass is 9.97. The van der Waals surface area contributed by atoms with Crippen molar-refractivity contribution in [2.75, 3.05) is 0 Å². The molecule has 2 aliphatic rings. The van der Waals surface area contributed by atoms with Crippen molar-refractivity contribution in [1.82, 2.24) is 5.01 Å². The minimum atomic E-state index is -0.567. The zero-order chi connectivity index (χ0) is 20.1. The number of nitro groups is 1. The fourth-order valence-corrected chi connectivity index (χ4v) is 4.19. The molecule has 5 rings (SSSR count). The minimum absolute atomic E-state index is 0.0225. The van der Waals surface area contributed by atoms with Crippen molar-refractivity contribution in [2.24, 2.45) is 5.10 Å². The lowest BCUT2D eigenvalue weighted by molar-refractivity contribution is -0.385. The van der Waals surface area contributed by atoms with Crippen LogP contribution in [0.5, 0.6) is 5.75 Å². The summed E-state index contributed by atoms with van der Waals surface area (Å²) in [5, 5.41) is 17.9. The van der Waals surface area contributed by atoms with Crippen LogP contribution in [0.2, 0.25) is 0 Å². The Bertz CT molecular complexity index is 1160. The molecular formula is C21H16BrN3O4. The van der Waals surface area contributed by atoms with Crippen LogP contribution in [0.25, 0.3) is 0 Å². The summed E-state index contributed by atoms with van der Waals surface area (Å²) in [6.07, 6.45) is 0.0905. The number of benzene rings is 2. The van der Waals surface area contributed by atoms with Gasteiger partial charge in [-0.2, -0.15) is 5.10 Å². The first-order chi connectivity index (χ1) is 14.0. The SMILES string of the molecule is Cc1ccc(C2=NN3[C@H](C2)c2cc(Br)ccc2O[C@H]3c2cccc([N+](=O)[O-])c2)o1. The molecule has 29 heavy (non-hydrogen) atoms. The smallest absolute Gasteiger partial charge is 0.269 e. The van der Waals surface area contributed by atoms with Crippen molar-refractivity contribution in [1.29, 1.82) is 0 Å². The van der Waals surface area contributed by atoms with E-state index in [0.29, 0.717) is 12.0 Å². The van der Waals surface area contributed by atoms with E-state index in [1.54, 1.807) is 6.07 Å². The Morgan fingerprint density at radius 2 is 2.07 bits per heavy atom. The molecule has 2 atom stereocenters. The fourth-order valence-electron chi connectivity index (χ4n) is 3.81. The summed E-state index contributed by atoms with van der Waals surface area (Å²) >= 11 is 3.53. The number of aryl methyl sites for hydroxylation is 1. The molecule has 0 saturated carbocycles. The van der Waals surface area contributed by atoms with Gasteiger partial charge in [-0.05, 0) is 37.3 Å². The number of hydrogen-bond donors (Lipinski definition) is 0. The van der Waals surface area contributed by atoms with Gasteiger partial charge >= 0.3 is 0 Å². The number of rotatable bonds is 3. The molecule has 0 amide bonds. The molecule has 0 unspecified atom stereocenters. The Hall–Kier alpha value is -3.13. The largest absolute Gasteiger partial charge is 0.464 e. The van der Waals surface area contributed by atoms with E-state index in [1.807, 2.05) is 48.3 Å². The van der Waals surface area contributed by atoms with Gasteiger partial charge in [-0.1, -0.05) is 28.1 Å². The fraction of sp³-hybridized carbons (Fsp3) is 0.190. The molecule has 3 heterocycles. The Labute approximate surface area is 174 Å². The molecule has 2 aromatic carbocycles. The molecule has 0 saturated heterocycles. The van der Waals surface area contributed by atoms with E-state index in [1.165, 1.54) is 12.1 Å². The van der Waals surface area contributed by atoms with Crippen LogP contribution >= 0.6 is 15.9 Å².